The molecule has 0 amide bonds. The Labute approximate surface area is 144 Å². The van der Waals surface area contributed by atoms with Crippen LogP contribution >= 0.6 is 15.9 Å². The number of hydrogen-bond acceptors (Lipinski definition) is 6. The van der Waals surface area contributed by atoms with Crippen molar-refractivity contribution in [2.24, 2.45) is 7.05 Å². The van der Waals surface area contributed by atoms with Gasteiger partial charge in [-0.2, -0.15) is 5.10 Å². The third-order valence-corrected chi connectivity index (χ3v) is 5.17. The largest absolute Gasteiger partial charge is 0.396 e. The minimum Gasteiger partial charge on any atom is -0.396 e. The molecule has 0 aromatic carbocycles. The van der Waals surface area contributed by atoms with E-state index in [9.17, 15) is 0 Å². The van der Waals surface area contributed by atoms with Gasteiger partial charge in [0.05, 0.1) is 5.39 Å². The topological polar surface area (TPSA) is 70.3 Å². The lowest BCUT2D eigenvalue weighted by Gasteiger charge is -2.37. The SMILES string of the molecule is CN(CCCO)C1CCN(c2ncnc3c2c(Br)nn3C)CC1. The third kappa shape index (κ3) is 3.34. The average molecular weight is 383 g/mol. The van der Waals surface area contributed by atoms with E-state index in [-0.39, 0.29) is 6.61 Å². The zero-order chi connectivity index (χ0) is 16.4. The summed E-state index contributed by atoms with van der Waals surface area (Å²) in [4.78, 5) is 13.5. The molecular weight excluding hydrogens is 360 g/mol. The molecule has 0 spiro atoms. The van der Waals surface area contributed by atoms with Crippen LogP contribution in [0.1, 0.15) is 19.3 Å². The van der Waals surface area contributed by atoms with Gasteiger partial charge in [0.15, 0.2) is 5.65 Å². The lowest BCUT2D eigenvalue weighted by molar-refractivity contribution is 0.184. The highest BCUT2D eigenvalue weighted by molar-refractivity contribution is 9.10. The second-order valence-electron chi connectivity index (χ2n) is 6.09. The summed E-state index contributed by atoms with van der Waals surface area (Å²) >= 11 is 3.53. The van der Waals surface area contributed by atoms with Crippen LogP contribution in [0.4, 0.5) is 5.82 Å². The lowest BCUT2D eigenvalue weighted by atomic mass is 10.0. The summed E-state index contributed by atoms with van der Waals surface area (Å²) in [6.45, 7) is 3.16. The highest BCUT2D eigenvalue weighted by Crippen LogP contribution is 2.31. The van der Waals surface area contributed by atoms with Crippen LogP contribution in [0.3, 0.4) is 0 Å². The molecule has 0 saturated carbocycles. The molecular formula is C15H23BrN6O. The van der Waals surface area contributed by atoms with Crippen molar-refractivity contribution in [2.45, 2.75) is 25.3 Å². The number of aromatic nitrogens is 4. The molecule has 8 heteroatoms. The van der Waals surface area contributed by atoms with Gasteiger partial charge in [-0.15, -0.1) is 0 Å². The number of anilines is 1. The van der Waals surface area contributed by atoms with Gasteiger partial charge in [-0.3, -0.25) is 0 Å². The van der Waals surface area contributed by atoms with Gasteiger partial charge < -0.3 is 14.9 Å². The zero-order valence-corrected chi connectivity index (χ0v) is 15.2. The van der Waals surface area contributed by atoms with Crippen molar-refractivity contribution in [3.63, 3.8) is 0 Å². The minimum absolute atomic E-state index is 0.261. The van der Waals surface area contributed by atoms with Gasteiger partial charge in [-0.25, -0.2) is 14.6 Å². The van der Waals surface area contributed by atoms with Crippen LogP contribution < -0.4 is 4.90 Å². The van der Waals surface area contributed by atoms with Gasteiger partial charge in [0.1, 0.15) is 16.7 Å². The van der Waals surface area contributed by atoms with Crippen LogP contribution in [0.2, 0.25) is 0 Å². The summed E-state index contributed by atoms with van der Waals surface area (Å²) in [5, 5.41) is 14.4. The number of aliphatic hydroxyl groups excluding tert-OH is 1. The summed E-state index contributed by atoms with van der Waals surface area (Å²) in [6, 6.07) is 0.576. The van der Waals surface area contributed by atoms with Gasteiger partial charge in [0.25, 0.3) is 0 Å². The molecule has 3 rings (SSSR count). The number of halogens is 1. The standard InChI is InChI=1S/C15H23BrN6O/c1-20(6-3-9-23)11-4-7-22(8-5-11)15-12-13(16)19-21(2)14(12)17-10-18-15/h10-11,23H,3-9H2,1-2H3. The molecule has 126 valence electrons. The number of fused-ring (bicyclic) bond motifs is 1. The molecule has 23 heavy (non-hydrogen) atoms. The summed E-state index contributed by atoms with van der Waals surface area (Å²) in [7, 11) is 4.04. The van der Waals surface area contributed by atoms with Gasteiger partial charge >= 0.3 is 0 Å². The summed E-state index contributed by atoms with van der Waals surface area (Å²) in [5.41, 5.74) is 0.851. The maximum atomic E-state index is 8.97. The first-order valence-corrected chi connectivity index (χ1v) is 8.80. The second kappa shape index (κ2) is 7.11. The van der Waals surface area contributed by atoms with Crippen LogP contribution in [0, 0.1) is 0 Å². The Morgan fingerprint density at radius 1 is 1.35 bits per heavy atom. The Balaban J connectivity index is 1.73. The molecule has 1 fully saturated rings. The molecule has 0 atom stereocenters. The summed E-state index contributed by atoms with van der Waals surface area (Å²) < 4.78 is 2.58. The van der Waals surface area contributed by atoms with Crippen molar-refractivity contribution in [1.82, 2.24) is 24.6 Å². The first-order chi connectivity index (χ1) is 11.1. The van der Waals surface area contributed by atoms with Crippen molar-refractivity contribution >= 4 is 32.8 Å². The van der Waals surface area contributed by atoms with E-state index < -0.39 is 0 Å². The highest BCUT2D eigenvalue weighted by atomic mass is 79.9. The number of aliphatic hydroxyl groups is 1. The molecule has 1 aliphatic rings. The van der Waals surface area contributed by atoms with Crippen molar-refractivity contribution < 1.29 is 5.11 Å². The van der Waals surface area contributed by atoms with Crippen molar-refractivity contribution in [2.75, 3.05) is 38.2 Å². The van der Waals surface area contributed by atoms with Crippen molar-refractivity contribution in [1.29, 1.82) is 0 Å². The summed E-state index contributed by atoms with van der Waals surface area (Å²) in [5.74, 6) is 0.964. The smallest absolute Gasteiger partial charge is 0.164 e. The van der Waals surface area contributed by atoms with E-state index in [2.05, 4.69) is 47.8 Å². The maximum absolute atomic E-state index is 8.97. The van der Waals surface area contributed by atoms with Crippen LogP contribution in [0.5, 0.6) is 0 Å². The van der Waals surface area contributed by atoms with Crippen molar-refractivity contribution in [3.8, 4) is 0 Å². The summed E-state index contributed by atoms with van der Waals surface area (Å²) in [6.07, 6.45) is 4.66. The first-order valence-electron chi connectivity index (χ1n) is 8.01. The van der Waals surface area contributed by atoms with Gasteiger partial charge in [-0.1, -0.05) is 0 Å². The zero-order valence-electron chi connectivity index (χ0n) is 13.6. The lowest BCUT2D eigenvalue weighted by Crippen LogP contribution is -2.44. The van der Waals surface area contributed by atoms with Crippen molar-refractivity contribution in [3.05, 3.63) is 10.9 Å². The van der Waals surface area contributed by atoms with E-state index in [4.69, 9.17) is 5.11 Å². The Kier molecular flexibility index (Phi) is 5.13. The second-order valence-corrected chi connectivity index (χ2v) is 6.84. The number of aryl methyl sites for hydroxylation is 1. The molecule has 0 radical (unpaired) electrons. The predicted molar refractivity (Wildman–Crippen MR) is 93.6 cm³/mol. The highest BCUT2D eigenvalue weighted by Gasteiger charge is 2.25. The number of piperidine rings is 1. The van der Waals surface area contributed by atoms with E-state index in [1.807, 2.05) is 7.05 Å². The fourth-order valence-electron chi connectivity index (χ4n) is 3.29. The Morgan fingerprint density at radius 3 is 2.78 bits per heavy atom. The van der Waals surface area contributed by atoms with E-state index in [0.717, 1.165) is 60.4 Å². The predicted octanol–water partition coefficient (Wildman–Crippen LogP) is 1.41. The Bertz CT molecular complexity index is 667. The van der Waals surface area contributed by atoms with E-state index in [1.54, 1.807) is 11.0 Å². The number of hydrogen-bond donors (Lipinski definition) is 1. The van der Waals surface area contributed by atoms with Gasteiger partial charge in [-0.05, 0) is 42.2 Å². The molecule has 2 aromatic heterocycles. The van der Waals surface area contributed by atoms with E-state index in [0.29, 0.717) is 6.04 Å². The Hall–Kier alpha value is -1.25. The van der Waals surface area contributed by atoms with Crippen LogP contribution in [-0.4, -0.2) is 69.1 Å². The average Bonchev–Trinajstić information content (AvgIpc) is 2.87. The molecule has 2 aromatic rings. The van der Waals surface area contributed by atoms with E-state index in [1.165, 1.54) is 0 Å². The van der Waals surface area contributed by atoms with Gasteiger partial charge in [0, 0.05) is 39.3 Å². The van der Waals surface area contributed by atoms with Crippen LogP contribution in [0.15, 0.2) is 10.9 Å². The minimum atomic E-state index is 0.261. The Morgan fingerprint density at radius 2 is 2.09 bits per heavy atom. The normalized spacial score (nSPS) is 16.7. The fourth-order valence-corrected chi connectivity index (χ4v) is 3.88. The molecule has 0 unspecified atom stereocenters. The van der Waals surface area contributed by atoms with Crippen LogP contribution in [-0.2, 0) is 7.05 Å². The number of nitrogens with zero attached hydrogens (tertiary/aromatic N) is 6. The monoisotopic (exact) mass is 382 g/mol. The molecule has 0 aliphatic carbocycles. The molecule has 1 aliphatic heterocycles. The van der Waals surface area contributed by atoms with E-state index >= 15 is 0 Å². The molecule has 1 N–H and O–H groups in total. The molecule has 1 saturated heterocycles. The molecule has 7 nitrogen and oxygen atoms in total. The molecule has 0 bridgehead atoms. The van der Waals surface area contributed by atoms with Crippen LogP contribution in [0.25, 0.3) is 11.0 Å². The van der Waals surface area contributed by atoms with Gasteiger partial charge in [0.2, 0.25) is 0 Å². The molecule has 3 heterocycles. The fraction of sp³-hybridized carbons (Fsp3) is 0.667. The number of rotatable bonds is 5. The maximum Gasteiger partial charge on any atom is 0.164 e. The quantitative estimate of drug-likeness (QED) is 0.842. The third-order valence-electron chi connectivity index (χ3n) is 4.61. The first kappa shape index (κ1) is 16.6.